The Morgan fingerprint density at radius 3 is 2.18 bits per heavy atom. The Kier molecular flexibility index (Phi) is 8.24. The van der Waals surface area contributed by atoms with Crippen molar-refractivity contribution in [2.45, 2.75) is 13.0 Å². The number of anilines is 1. The van der Waals surface area contributed by atoms with Gasteiger partial charge in [0, 0.05) is 83.1 Å². The van der Waals surface area contributed by atoms with E-state index in [4.69, 9.17) is 9.47 Å². The molecule has 2 aromatic rings. The fourth-order valence-corrected chi connectivity index (χ4v) is 4.70. The molecule has 2 heterocycles. The van der Waals surface area contributed by atoms with Crippen LogP contribution in [0.3, 0.4) is 0 Å². The molecular formula is C26H35FN4O3. The summed E-state index contributed by atoms with van der Waals surface area (Å²) in [6.45, 7) is 8.46. The van der Waals surface area contributed by atoms with E-state index in [0.29, 0.717) is 19.5 Å². The van der Waals surface area contributed by atoms with Gasteiger partial charge in [0.05, 0.1) is 14.2 Å². The fraction of sp³-hybridized carbons (Fsp3) is 0.500. The minimum absolute atomic E-state index is 0.224. The number of piperazine rings is 2. The molecule has 0 radical (unpaired) electrons. The number of methoxy groups -OCH3 is 2. The molecule has 1 amide bonds. The van der Waals surface area contributed by atoms with E-state index < -0.39 is 0 Å². The molecule has 8 heteroatoms. The predicted octanol–water partition coefficient (Wildman–Crippen LogP) is 2.70. The van der Waals surface area contributed by atoms with E-state index >= 15 is 0 Å². The van der Waals surface area contributed by atoms with E-state index in [0.717, 1.165) is 75.1 Å². The van der Waals surface area contributed by atoms with Crippen molar-refractivity contribution >= 4 is 11.6 Å². The van der Waals surface area contributed by atoms with Crippen molar-refractivity contribution in [3.8, 4) is 11.5 Å². The fourth-order valence-electron chi connectivity index (χ4n) is 4.70. The lowest BCUT2D eigenvalue weighted by Crippen LogP contribution is -2.50. The molecular weight excluding hydrogens is 435 g/mol. The highest BCUT2D eigenvalue weighted by Crippen LogP contribution is 2.25. The zero-order chi connectivity index (χ0) is 23.9. The number of hydrogen-bond donors (Lipinski definition) is 0. The van der Waals surface area contributed by atoms with Gasteiger partial charge in [-0.05, 0) is 42.5 Å². The number of rotatable bonds is 8. The van der Waals surface area contributed by atoms with Crippen molar-refractivity contribution in [2.75, 3.05) is 78.0 Å². The lowest BCUT2D eigenvalue weighted by molar-refractivity contribution is -0.131. The number of carbonyl (C=O) groups excluding carboxylic acids is 1. The topological polar surface area (TPSA) is 48.5 Å². The van der Waals surface area contributed by atoms with Gasteiger partial charge in [-0.25, -0.2) is 4.39 Å². The van der Waals surface area contributed by atoms with Gasteiger partial charge in [0.25, 0.3) is 0 Å². The molecule has 184 valence electrons. The van der Waals surface area contributed by atoms with Crippen LogP contribution in [0.5, 0.6) is 11.5 Å². The first-order valence-electron chi connectivity index (χ1n) is 12.0. The summed E-state index contributed by atoms with van der Waals surface area (Å²) in [7, 11) is 3.38. The van der Waals surface area contributed by atoms with Crippen molar-refractivity contribution in [1.29, 1.82) is 0 Å². The van der Waals surface area contributed by atoms with Crippen LogP contribution in [-0.4, -0.2) is 93.7 Å². The molecule has 2 aromatic carbocycles. The van der Waals surface area contributed by atoms with Gasteiger partial charge >= 0.3 is 0 Å². The summed E-state index contributed by atoms with van der Waals surface area (Å²) in [5.41, 5.74) is 2.14. The van der Waals surface area contributed by atoms with Crippen molar-refractivity contribution in [3.05, 3.63) is 53.8 Å². The van der Waals surface area contributed by atoms with Crippen molar-refractivity contribution in [3.63, 3.8) is 0 Å². The van der Waals surface area contributed by atoms with Gasteiger partial charge in [-0.1, -0.05) is 0 Å². The number of amides is 1. The summed E-state index contributed by atoms with van der Waals surface area (Å²) < 4.78 is 24.0. The molecule has 7 nitrogen and oxygen atoms in total. The molecule has 2 fully saturated rings. The Hall–Kier alpha value is -2.84. The summed E-state index contributed by atoms with van der Waals surface area (Å²) in [6, 6.07) is 12.5. The van der Waals surface area contributed by atoms with Crippen LogP contribution >= 0.6 is 0 Å². The van der Waals surface area contributed by atoms with Crippen LogP contribution in [0.15, 0.2) is 42.5 Å². The number of nitrogens with zero attached hydrogens (tertiary/aromatic N) is 4. The van der Waals surface area contributed by atoms with Gasteiger partial charge in [-0.3, -0.25) is 9.69 Å². The minimum Gasteiger partial charge on any atom is -0.497 e. The standard InChI is InChI=1S/C26H35FN4O3/c1-33-24-7-8-25(34-2)21(19-24)20-29-13-11-28(12-14-29)10-9-26(32)31-17-15-30(16-18-31)23-5-3-22(27)4-6-23/h3-8,19H,9-18,20H2,1-2H3. The van der Waals surface area contributed by atoms with E-state index in [1.54, 1.807) is 26.4 Å². The third-order valence-corrected chi connectivity index (χ3v) is 6.81. The zero-order valence-corrected chi connectivity index (χ0v) is 20.2. The molecule has 2 aliphatic heterocycles. The second-order valence-corrected chi connectivity index (χ2v) is 8.89. The molecule has 0 N–H and O–H groups in total. The SMILES string of the molecule is COc1ccc(OC)c(CN2CCN(CCC(=O)N3CCN(c4ccc(F)cc4)CC3)CC2)c1. The quantitative estimate of drug-likeness (QED) is 0.591. The molecule has 0 saturated carbocycles. The third kappa shape index (κ3) is 6.18. The predicted molar refractivity (Wildman–Crippen MR) is 131 cm³/mol. The summed E-state index contributed by atoms with van der Waals surface area (Å²) in [6.07, 6.45) is 0.556. The highest BCUT2D eigenvalue weighted by atomic mass is 19.1. The second-order valence-electron chi connectivity index (χ2n) is 8.89. The lowest BCUT2D eigenvalue weighted by Gasteiger charge is -2.37. The highest BCUT2D eigenvalue weighted by molar-refractivity contribution is 5.76. The number of ether oxygens (including phenoxy) is 2. The molecule has 2 aliphatic rings. The van der Waals surface area contributed by atoms with E-state index in [1.807, 2.05) is 23.1 Å². The molecule has 0 bridgehead atoms. The lowest BCUT2D eigenvalue weighted by atomic mass is 10.1. The number of carbonyl (C=O) groups is 1. The molecule has 0 unspecified atom stereocenters. The van der Waals surface area contributed by atoms with E-state index in [-0.39, 0.29) is 11.7 Å². The smallest absolute Gasteiger partial charge is 0.223 e. The maximum Gasteiger partial charge on any atom is 0.223 e. The van der Waals surface area contributed by atoms with Crippen molar-refractivity contribution in [2.24, 2.45) is 0 Å². The van der Waals surface area contributed by atoms with Crippen LogP contribution in [0.2, 0.25) is 0 Å². The zero-order valence-electron chi connectivity index (χ0n) is 20.2. The van der Waals surface area contributed by atoms with Gasteiger partial charge in [-0.2, -0.15) is 0 Å². The van der Waals surface area contributed by atoms with Crippen LogP contribution in [0.1, 0.15) is 12.0 Å². The van der Waals surface area contributed by atoms with Crippen LogP contribution in [0, 0.1) is 5.82 Å². The Morgan fingerprint density at radius 2 is 1.53 bits per heavy atom. The summed E-state index contributed by atoms with van der Waals surface area (Å²) in [4.78, 5) is 21.7. The van der Waals surface area contributed by atoms with Crippen molar-refractivity contribution < 1.29 is 18.7 Å². The first-order valence-corrected chi connectivity index (χ1v) is 12.0. The van der Waals surface area contributed by atoms with Crippen molar-refractivity contribution in [1.82, 2.24) is 14.7 Å². The molecule has 4 rings (SSSR count). The van der Waals surface area contributed by atoms with Gasteiger partial charge in [-0.15, -0.1) is 0 Å². The molecule has 34 heavy (non-hydrogen) atoms. The second kappa shape index (κ2) is 11.5. The molecule has 0 aliphatic carbocycles. The average Bonchev–Trinajstić information content (AvgIpc) is 2.88. The normalized spacial score (nSPS) is 17.6. The average molecular weight is 471 g/mol. The van der Waals surface area contributed by atoms with Crippen LogP contribution in [-0.2, 0) is 11.3 Å². The third-order valence-electron chi connectivity index (χ3n) is 6.81. The maximum absolute atomic E-state index is 13.2. The van der Waals surface area contributed by atoms with Gasteiger partial charge in [0.15, 0.2) is 0 Å². The first-order chi connectivity index (χ1) is 16.6. The largest absolute Gasteiger partial charge is 0.497 e. The Bertz CT molecular complexity index is 940. The number of hydrogen-bond acceptors (Lipinski definition) is 6. The first kappa shape index (κ1) is 24.3. The van der Waals surface area contributed by atoms with Gasteiger partial charge < -0.3 is 24.2 Å². The summed E-state index contributed by atoms with van der Waals surface area (Å²) in [5, 5.41) is 0. The maximum atomic E-state index is 13.2. The molecule has 0 atom stereocenters. The number of halogens is 1. The van der Waals surface area contributed by atoms with Crippen LogP contribution < -0.4 is 14.4 Å². The van der Waals surface area contributed by atoms with Crippen LogP contribution in [0.4, 0.5) is 10.1 Å². The minimum atomic E-state index is -0.224. The number of benzene rings is 2. The van der Waals surface area contributed by atoms with E-state index in [9.17, 15) is 9.18 Å². The van der Waals surface area contributed by atoms with Gasteiger partial charge in [0.2, 0.25) is 5.91 Å². The Morgan fingerprint density at radius 1 is 0.853 bits per heavy atom. The Balaban J connectivity index is 1.17. The molecule has 2 saturated heterocycles. The van der Waals surface area contributed by atoms with E-state index in [2.05, 4.69) is 14.7 Å². The van der Waals surface area contributed by atoms with E-state index in [1.165, 1.54) is 12.1 Å². The molecule has 0 aromatic heterocycles. The summed E-state index contributed by atoms with van der Waals surface area (Å²) in [5.74, 6) is 1.72. The van der Waals surface area contributed by atoms with Gasteiger partial charge in [0.1, 0.15) is 17.3 Å². The monoisotopic (exact) mass is 470 g/mol. The molecule has 0 spiro atoms. The highest BCUT2D eigenvalue weighted by Gasteiger charge is 2.23. The van der Waals surface area contributed by atoms with Crippen LogP contribution in [0.25, 0.3) is 0 Å². The Labute approximate surface area is 201 Å². The summed E-state index contributed by atoms with van der Waals surface area (Å²) >= 11 is 0.